The molecule has 0 atom stereocenters. The highest BCUT2D eigenvalue weighted by Crippen LogP contribution is 1.94. The van der Waals surface area contributed by atoms with Gasteiger partial charge >= 0.3 is 5.30 Å². The van der Waals surface area contributed by atoms with Gasteiger partial charge in [-0.05, 0) is 6.42 Å². The zero-order chi connectivity index (χ0) is 9.23. The molecule has 12 heavy (non-hydrogen) atoms. The molecule has 0 fully saturated rings. The van der Waals surface area contributed by atoms with E-state index in [1.54, 1.807) is 0 Å². The van der Waals surface area contributed by atoms with Crippen LogP contribution in [0.1, 0.15) is 26.2 Å². The van der Waals surface area contributed by atoms with Crippen LogP contribution >= 0.6 is 12.6 Å². The molecule has 0 amide bonds. The first-order valence-corrected chi connectivity index (χ1v) is 4.65. The molecule has 0 aliphatic rings. The van der Waals surface area contributed by atoms with E-state index >= 15 is 0 Å². The summed E-state index contributed by atoms with van der Waals surface area (Å²) in [4.78, 5) is 10.2. The standard InChI is InChI=1S/C8H16O3S/c1-2-3-4-5-10-6-7-11-8(9)12/h2-7H2,1H3,(H,9,12). The maximum Gasteiger partial charge on any atom is 0.364 e. The van der Waals surface area contributed by atoms with Gasteiger partial charge in [0.1, 0.15) is 6.61 Å². The summed E-state index contributed by atoms with van der Waals surface area (Å²) < 4.78 is 9.72. The van der Waals surface area contributed by atoms with Gasteiger partial charge in [0.05, 0.1) is 6.61 Å². The van der Waals surface area contributed by atoms with Gasteiger partial charge in [-0.25, -0.2) is 4.79 Å². The Morgan fingerprint density at radius 3 is 2.58 bits per heavy atom. The molecule has 0 radical (unpaired) electrons. The van der Waals surface area contributed by atoms with Crippen molar-refractivity contribution in [1.29, 1.82) is 0 Å². The van der Waals surface area contributed by atoms with Gasteiger partial charge in [-0.2, -0.15) is 0 Å². The van der Waals surface area contributed by atoms with Gasteiger partial charge in [0.2, 0.25) is 0 Å². The third kappa shape index (κ3) is 9.78. The van der Waals surface area contributed by atoms with Crippen LogP contribution in [0.5, 0.6) is 0 Å². The molecule has 0 aromatic rings. The van der Waals surface area contributed by atoms with E-state index in [1.165, 1.54) is 12.8 Å². The van der Waals surface area contributed by atoms with Crippen molar-refractivity contribution in [2.24, 2.45) is 0 Å². The van der Waals surface area contributed by atoms with Crippen molar-refractivity contribution in [1.82, 2.24) is 0 Å². The van der Waals surface area contributed by atoms with E-state index in [9.17, 15) is 4.79 Å². The third-order valence-electron chi connectivity index (χ3n) is 1.35. The van der Waals surface area contributed by atoms with Crippen molar-refractivity contribution in [3.05, 3.63) is 0 Å². The quantitative estimate of drug-likeness (QED) is 0.382. The zero-order valence-corrected chi connectivity index (χ0v) is 8.31. The van der Waals surface area contributed by atoms with Gasteiger partial charge in [0.25, 0.3) is 0 Å². The maximum absolute atomic E-state index is 10.2. The molecule has 72 valence electrons. The molecule has 3 nitrogen and oxygen atoms in total. The Bertz CT molecular complexity index is 117. The summed E-state index contributed by atoms with van der Waals surface area (Å²) >= 11 is 3.44. The second-order valence-electron chi connectivity index (χ2n) is 2.43. The Hall–Kier alpha value is -0.220. The Morgan fingerprint density at radius 1 is 1.25 bits per heavy atom. The Balaban J connectivity index is 2.86. The molecule has 0 heterocycles. The fourth-order valence-electron chi connectivity index (χ4n) is 0.744. The van der Waals surface area contributed by atoms with E-state index in [-0.39, 0.29) is 0 Å². The van der Waals surface area contributed by atoms with Crippen molar-refractivity contribution >= 4 is 17.9 Å². The summed E-state index contributed by atoms with van der Waals surface area (Å²) in [6.45, 7) is 3.66. The first-order valence-electron chi connectivity index (χ1n) is 4.20. The highest BCUT2D eigenvalue weighted by molar-refractivity contribution is 7.96. The van der Waals surface area contributed by atoms with Crippen molar-refractivity contribution in [2.75, 3.05) is 19.8 Å². The molecular formula is C8H16O3S. The van der Waals surface area contributed by atoms with Gasteiger partial charge in [-0.15, -0.1) is 0 Å². The van der Waals surface area contributed by atoms with Crippen LogP contribution in [-0.2, 0) is 9.47 Å². The van der Waals surface area contributed by atoms with Gasteiger partial charge < -0.3 is 9.47 Å². The lowest BCUT2D eigenvalue weighted by Crippen LogP contribution is -2.06. The number of carbonyl (C=O) groups is 1. The molecule has 0 saturated heterocycles. The molecule has 0 rings (SSSR count). The van der Waals surface area contributed by atoms with Crippen molar-refractivity contribution in [2.45, 2.75) is 26.2 Å². The van der Waals surface area contributed by atoms with Crippen LogP contribution in [-0.4, -0.2) is 25.1 Å². The highest BCUT2D eigenvalue weighted by Gasteiger charge is 1.92. The van der Waals surface area contributed by atoms with Crippen LogP contribution in [0.4, 0.5) is 4.79 Å². The number of rotatable bonds is 7. The topological polar surface area (TPSA) is 35.5 Å². The van der Waals surface area contributed by atoms with Gasteiger partial charge in [0, 0.05) is 6.61 Å². The SMILES string of the molecule is CCCCCOCCOC(=O)S. The van der Waals surface area contributed by atoms with E-state index in [4.69, 9.17) is 4.74 Å². The number of hydrogen-bond acceptors (Lipinski definition) is 3. The maximum atomic E-state index is 10.2. The van der Waals surface area contributed by atoms with Crippen molar-refractivity contribution in [3.8, 4) is 0 Å². The van der Waals surface area contributed by atoms with Gasteiger partial charge in [-0.3, -0.25) is 0 Å². The zero-order valence-electron chi connectivity index (χ0n) is 7.41. The fraction of sp³-hybridized carbons (Fsp3) is 0.875. The van der Waals surface area contributed by atoms with Crippen LogP contribution in [0.2, 0.25) is 0 Å². The van der Waals surface area contributed by atoms with Crippen LogP contribution < -0.4 is 0 Å². The van der Waals surface area contributed by atoms with Crippen molar-refractivity contribution < 1.29 is 14.3 Å². The van der Waals surface area contributed by atoms with E-state index in [1.807, 2.05) is 0 Å². The lowest BCUT2D eigenvalue weighted by molar-refractivity contribution is 0.0808. The second-order valence-corrected chi connectivity index (χ2v) is 2.80. The smallest absolute Gasteiger partial charge is 0.364 e. The van der Waals surface area contributed by atoms with E-state index in [2.05, 4.69) is 24.3 Å². The Labute approximate surface area is 78.8 Å². The average Bonchev–Trinajstić information content (AvgIpc) is 2.02. The Morgan fingerprint density at radius 2 is 2.00 bits per heavy atom. The molecule has 0 aliphatic heterocycles. The molecule has 0 saturated carbocycles. The van der Waals surface area contributed by atoms with Crippen LogP contribution in [0.25, 0.3) is 0 Å². The van der Waals surface area contributed by atoms with E-state index in [0.29, 0.717) is 13.2 Å². The number of unbranched alkanes of at least 4 members (excludes halogenated alkanes) is 2. The molecule has 0 spiro atoms. The first-order chi connectivity index (χ1) is 5.77. The first kappa shape index (κ1) is 11.8. The second kappa shape index (κ2) is 8.87. The normalized spacial score (nSPS) is 9.83. The van der Waals surface area contributed by atoms with Crippen LogP contribution in [0.3, 0.4) is 0 Å². The lowest BCUT2D eigenvalue weighted by Gasteiger charge is -2.02. The van der Waals surface area contributed by atoms with Crippen molar-refractivity contribution in [3.63, 3.8) is 0 Å². The summed E-state index contributed by atoms with van der Waals surface area (Å²) in [5.41, 5.74) is 0. The predicted octanol–water partition coefficient (Wildman–Crippen LogP) is 2.26. The summed E-state index contributed by atoms with van der Waals surface area (Å²) in [5.74, 6) is 0. The molecule has 0 aliphatic carbocycles. The minimum atomic E-state index is -0.549. The van der Waals surface area contributed by atoms with Crippen LogP contribution in [0, 0.1) is 0 Å². The summed E-state index contributed by atoms with van der Waals surface area (Å²) in [7, 11) is 0. The molecule has 0 unspecified atom stereocenters. The molecular weight excluding hydrogens is 176 g/mol. The molecule has 0 aromatic heterocycles. The monoisotopic (exact) mass is 192 g/mol. The van der Waals surface area contributed by atoms with Crippen LogP contribution in [0.15, 0.2) is 0 Å². The minimum absolute atomic E-state index is 0.300. The molecule has 4 heteroatoms. The summed E-state index contributed by atoms with van der Waals surface area (Å²) in [5, 5.41) is -0.549. The molecule has 0 bridgehead atoms. The van der Waals surface area contributed by atoms with Gasteiger partial charge in [0.15, 0.2) is 0 Å². The summed E-state index contributed by atoms with van der Waals surface area (Å²) in [6.07, 6.45) is 3.45. The summed E-state index contributed by atoms with van der Waals surface area (Å²) in [6, 6.07) is 0. The lowest BCUT2D eigenvalue weighted by atomic mass is 10.3. The third-order valence-corrected chi connectivity index (χ3v) is 1.47. The molecule has 0 aromatic carbocycles. The van der Waals surface area contributed by atoms with Gasteiger partial charge in [-0.1, -0.05) is 32.4 Å². The number of ether oxygens (including phenoxy) is 2. The Kier molecular flexibility index (Phi) is 8.71. The predicted molar refractivity (Wildman–Crippen MR) is 50.7 cm³/mol. The average molecular weight is 192 g/mol. The number of thiol groups is 1. The number of hydrogen-bond donors (Lipinski definition) is 1. The molecule has 0 N–H and O–H groups in total. The fourth-order valence-corrected chi connectivity index (χ4v) is 0.835. The largest absolute Gasteiger partial charge is 0.455 e. The number of carbonyl (C=O) groups excluding carboxylic acids is 1. The van der Waals surface area contributed by atoms with E-state index in [0.717, 1.165) is 13.0 Å². The minimum Gasteiger partial charge on any atom is -0.455 e. The van der Waals surface area contributed by atoms with E-state index < -0.39 is 5.30 Å². The highest BCUT2D eigenvalue weighted by atomic mass is 32.1.